The highest BCUT2D eigenvalue weighted by atomic mass is 15.1. The quantitative estimate of drug-likeness (QED) is 0.682. The Morgan fingerprint density at radius 2 is 2.14 bits per heavy atom. The minimum absolute atomic E-state index is 0.716. The number of nitrogens with zero attached hydrogens (tertiary/aromatic N) is 1. The fraction of sp³-hybridized carbons (Fsp3) is 0.833. The van der Waals surface area contributed by atoms with Gasteiger partial charge in [0, 0.05) is 12.6 Å². The number of hydrogen-bond acceptors (Lipinski definition) is 2. The monoisotopic (exact) mass is 196 g/mol. The highest BCUT2D eigenvalue weighted by Gasteiger charge is 2.26. The zero-order valence-corrected chi connectivity index (χ0v) is 9.41. The molecular weight excluding hydrogens is 172 g/mol. The number of hydrogen-bond donors (Lipinski definition) is 1. The molecule has 2 unspecified atom stereocenters. The Morgan fingerprint density at radius 1 is 1.43 bits per heavy atom. The van der Waals surface area contributed by atoms with Gasteiger partial charge in [0.25, 0.3) is 0 Å². The summed E-state index contributed by atoms with van der Waals surface area (Å²) in [6, 6.07) is 0.716. The normalized spacial score (nSPS) is 27.9. The lowest BCUT2D eigenvalue weighted by atomic mass is 9.83. The molecule has 0 aromatic carbocycles. The predicted molar refractivity (Wildman–Crippen MR) is 62.2 cm³/mol. The van der Waals surface area contributed by atoms with Gasteiger partial charge in [-0.15, -0.1) is 6.58 Å². The lowest BCUT2D eigenvalue weighted by molar-refractivity contribution is 0.135. The van der Waals surface area contributed by atoms with Crippen molar-refractivity contribution in [3.05, 3.63) is 12.7 Å². The average molecular weight is 196 g/mol. The van der Waals surface area contributed by atoms with Gasteiger partial charge in [-0.1, -0.05) is 18.9 Å². The molecule has 2 heteroatoms. The maximum absolute atomic E-state index is 5.81. The van der Waals surface area contributed by atoms with Crippen LogP contribution in [0, 0.1) is 5.92 Å². The Balaban J connectivity index is 2.41. The summed E-state index contributed by atoms with van der Waals surface area (Å²) < 4.78 is 0. The zero-order valence-electron chi connectivity index (χ0n) is 9.41. The SMILES string of the molecule is C=CCCN(C)C1CCCCC1CN. The van der Waals surface area contributed by atoms with Crippen LogP contribution in [0.1, 0.15) is 32.1 Å². The van der Waals surface area contributed by atoms with E-state index in [1.807, 2.05) is 6.08 Å². The molecule has 0 bridgehead atoms. The van der Waals surface area contributed by atoms with Crippen molar-refractivity contribution in [2.45, 2.75) is 38.1 Å². The van der Waals surface area contributed by atoms with Gasteiger partial charge in [0.15, 0.2) is 0 Å². The molecule has 2 N–H and O–H groups in total. The van der Waals surface area contributed by atoms with Gasteiger partial charge in [0.2, 0.25) is 0 Å². The Bertz CT molecular complexity index is 168. The summed E-state index contributed by atoms with van der Waals surface area (Å²) >= 11 is 0. The first-order chi connectivity index (χ1) is 6.79. The summed E-state index contributed by atoms with van der Waals surface area (Å²) in [5, 5.41) is 0. The van der Waals surface area contributed by atoms with Gasteiger partial charge in [-0.2, -0.15) is 0 Å². The highest BCUT2D eigenvalue weighted by Crippen LogP contribution is 2.27. The van der Waals surface area contributed by atoms with Crippen molar-refractivity contribution in [3.63, 3.8) is 0 Å². The molecule has 1 rings (SSSR count). The van der Waals surface area contributed by atoms with E-state index in [2.05, 4.69) is 18.5 Å². The Kier molecular flexibility index (Phi) is 5.20. The molecule has 2 nitrogen and oxygen atoms in total. The minimum atomic E-state index is 0.716. The van der Waals surface area contributed by atoms with Gasteiger partial charge < -0.3 is 10.6 Å². The van der Waals surface area contributed by atoms with E-state index in [-0.39, 0.29) is 0 Å². The van der Waals surface area contributed by atoms with Crippen LogP contribution in [-0.4, -0.2) is 31.1 Å². The molecule has 0 saturated heterocycles. The van der Waals surface area contributed by atoms with Crippen LogP contribution in [0.25, 0.3) is 0 Å². The minimum Gasteiger partial charge on any atom is -0.330 e. The van der Waals surface area contributed by atoms with Crippen LogP contribution in [-0.2, 0) is 0 Å². The molecule has 0 aliphatic heterocycles. The van der Waals surface area contributed by atoms with Crippen molar-refractivity contribution >= 4 is 0 Å². The Morgan fingerprint density at radius 3 is 2.79 bits per heavy atom. The summed E-state index contributed by atoms with van der Waals surface area (Å²) in [5.74, 6) is 0.721. The number of nitrogens with two attached hydrogens (primary N) is 1. The van der Waals surface area contributed by atoms with E-state index in [0.29, 0.717) is 6.04 Å². The van der Waals surface area contributed by atoms with Gasteiger partial charge in [0.1, 0.15) is 0 Å². The fourth-order valence-electron chi connectivity index (χ4n) is 2.50. The molecule has 1 fully saturated rings. The van der Waals surface area contributed by atoms with Crippen molar-refractivity contribution in [1.29, 1.82) is 0 Å². The standard InChI is InChI=1S/C12H24N2/c1-3-4-9-14(2)12-8-6-5-7-11(12)10-13/h3,11-12H,1,4-10,13H2,2H3. The first-order valence-corrected chi connectivity index (χ1v) is 5.80. The molecule has 82 valence electrons. The smallest absolute Gasteiger partial charge is 0.0133 e. The molecular formula is C12H24N2. The van der Waals surface area contributed by atoms with E-state index in [9.17, 15) is 0 Å². The first kappa shape index (κ1) is 11.7. The van der Waals surface area contributed by atoms with E-state index in [1.54, 1.807) is 0 Å². The van der Waals surface area contributed by atoms with E-state index in [1.165, 1.54) is 25.7 Å². The van der Waals surface area contributed by atoms with E-state index in [4.69, 9.17) is 5.73 Å². The van der Waals surface area contributed by atoms with Crippen LogP contribution < -0.4 is 5.73 Å². The summed E-state index contributed by atoms with van der Waals surface area (Å²) in [6.45, 7) is 5.75. The van der Waals surface area contributed by atoms with E-state index >= 15 is 0 Å². The second-order valence-corrected chi connectivity index (χ2v) is 4.41. The molecule has 1 saturated carbocycles. The van der Waals surface area contributed by atoms with Crippen molar-refractivity contribution in [2.75, 3.05) is 20.1 Å². The highest BCUT2D eigenvalue weighted by molar-refractivity contribution is 4.83. The van der Waals surface area contributed by atoms with Gasteiger partial charge in [-0.3, -0.25) is 0 Å². The van der Waals surface area contributed by atoms with Crippen LogP contribution in [0.2, 0.25) is 0 Å². The van der Waals surface area contributed by atoms with E-state index in [0.717, 1.165) is 25.4 Å². The lowest BCUT2D eigenvalue weighted by Gasteiger charge is -2.37. The lowest BCUT2D eigenvalue weighted by Crippen LogP contribution is -2.43. The summed E-state index contributed by atoms with van der Waals surface area (Å²) in [7, 11) is 2.22. The topological polar surface area (TPSA) is 29.3 Å². The Hall–Kier alpha value is -0.340. The second-order valence-electron chi connectivity index (χ2n) is 4.41. The van der Waals surface area contributed by atoms with Crippen LogP contribution in [0.4, 0.5) is 0 Å². The summed E-state index contributed by atoms with van der Waals surface area (Å²) in [6.07, 6.45) is 8.48. The molecule has 1 aliphatic rings. The fourth-order valence-corrected chi connectivity index (χ4v) is 2.50. The molecule has 14 heavy (non-hydrogen) atoms. The molecule has 0 aromatic rings. The summed E-state index contributed by atoms with van der Waals surface area (Å²) in [5.41, 5.74) is 5.81. The van der Waals surface area contributed by atoms with Gasteiger partial charge in [0.05, 0.1) is 0 Å². The molecule has 0 heterocycles. The number of rotatable bonds is 5. The van der Waals surface area contributed by atoms with Crippen LogP contribution >= 0.6 is 0 Å². The molecule has 1 aliphatic carbocycles. The van der Waals surface area contributed by atoms with E-state index < -0.39 is 0 Å². The first-order valence-electron chi connectivity index (χ1n) is 5.80. The van der Waals surface area contributed by atoms with Crippen LogP contribution in [0.15, 0.2) is 12.7 Å². The molecule has 0 radical (unpaired) electrons. The maximum atomic E-state index is 5.81. The van der Waals surface area contributed by atoms with Crippen LogP contribution in [0.5, 0.6) is 0 Å². The zero-order chi connectivity index (χ0) is 10.4. The van der Waals surface area contributed by atoms with Crippen molar-refractivity contribution < 1.29 is 0 Å². The third-order valence-electron chi connectivity index (χ3n) is 3.42. The maximum Gasteiger partial charge on any atom is 0.0133 e. The summed E-state index contributed by atoms with van der Waals surface area (Å²) in [4.78, 5) is 2.47. The van der Waals surface area contributed by atoms with Crippen molar-refractivity contribution in [1.82, 2.24) is 4.90 Å². The molecule has 0 aromatic heterocycles. The van der Waals surface area contributed by atoms with Crippen LogP contribution in [0.3, 0.4) is 0 Å². The average Bonchev–Trinajstić information content (AvgIpc) is 2.25. The molecule has 2 atom stereocenters. The largest absolute Gasteiger partial charge is 0.330 e. The molecule has 0 amide bonds. The third-order valence-corrected chi connectivity index (χ3v) is 3.42. The second kappa shape index (κ2) is 6.20. The Labute approximate surface area is 88.2 Å². The predicted octanol–water partition coefficient (Wildman–Crippen LogP) is 2.01. The van der Waals surface area contributed by atoms with Crippen molar-refractivity contribution in [2.24, 2.45) is 11.7 Å². The molecule has 0 spiro atoms. The van der Waals surface area contributed by atoms with Crippen molar-refractivity contribution in [3.8, 4) is 0 Å². The van der Waals surface area contributed by atoms with Gasteiger partial charge in [-0.05, 0) is 38.8 Å². The van der Waals surface area contributed by atoms with Gasteiger partial charge >= 0.3 is 0 Å². The van der Waals surface area contributed by atoms with Gasteiger partial charge in [-0.25, -0.2) is 0 Å². The third kappa shape index (κ3) is 3.10.